The summed E-state index contributed by atoms with van der Waals surface area (Å²) >= 11 is 6.09. The van der Waals surface area contributed by atoms with Gasteiger partial charge in [-0.2, -0.15) is 5.10 Å². The lowest BCUT2D eigenvalue weighted by molar-refractivity contribution is 0.102. The number of halogens is 1. The van der Waals surface area contributed by atoms with Gasteiger partial charge in [0.05, 0.1) is 22.9 Å². The van der Waals surface area contributed by atoms with Crippen molar-refractivity contribution >= 4 is 44.1 Å². The summed E-state index contributed by atoms with van der Waals surface area (Å²) in [5.41, 5.74) is 0.640. The van der Waals surface area contributed by atoms with Crippen LogP contribution in [-0.4, -0.2) is 24.1 Å². The Morgan fingerprint density at radius 2 is 1.90 bits per heavy atom. The SMILES string of the molecule is O=C(Nc1c2c(nn1-c1cccc(Cl)c1)CS(=O)(=O)C2)c1cc2ccccc2oc1=O. The summed E-state index contributed by atoms with van der Waals surface area (Å²) in [6.45, 7) is 0. The first-order chi connectivity index (χ1) is 14.8. The number of hydrogen-bond acceptors (Lipinski definition) is 6. The van der Waals surface area contributed by atoms with E-state index in [9.17, 15) is 18.0 Å². The van der Waals surface area contributed by atoms with E-state index in [1.165, 1.54) is 10.7 Å². The number of carbonyl (C=O) groups is 1. The molecule has 31 heavy (non-hydrogen) atoms. The Morgan fingerprint density at radius 1 is 1.10 bits per heavy atom. The number of fused-ring (bicyclic) bond motifs is 2. The first-order valence-corrected chi connectivity index (χ1v) is 11.4. The molecule has 3 heterocycles. The van der Waals surface area contributed by atoms with Crippen LogP contribution in [0.2, 0.25) is 5.02 Å². The fraction of sp³-hybridized carbons (Fsp3) is 0.0952. The summed E-state index contributed by atoms with van der Waals surface area (Å²) in [6.07, 6.45) is 0. The van der Waals surface area contributed by atoms with Crippen LogP contribution in [0.15, 0.2) is 63.8 Å². The molecule has 1 N–H and O–H groups in total. The molecule has 0 unspecified atom stereocenters. The van der Waals surface area contributed by atoms with E-state index in [1.807, 2.05) is 0 Å². The molecule has 0 aliphatic carbocycles. The largest absolute Gasteiger partial charge is 0.422 e. The zero-order valence-corrected chi connectivity index (χ0v) is 17.4. The Hall–Kier alpha value is -3.43. The van der Waals surface area contributed by atoms with Gasteiger partial charge in [-0.05, 0) is 30.3 Å². The second kappa shape index (κ2) is 7.07. The maximum atomic E-state index is 13.0. The maximum absolute atomic E-state index is 13.0. The van der Waals surface area contributed by atoms with Gasteiger partial charge in [-0.1, -0.05) is 35.9 Å². The van der Waals surface area contributed by atoms with Gasteiger partial charge in [0.2, 0.25) is 0 Å². The molecule has 2 aromatic carbocycles. The fourth-order valence-electron chi connectivity index (χ4n) is 3.56. The van der Waals surface area contributed by atoms with Crippen molar-refractivity contribution in [2.24, 2.45) is 0 Å². The highest BCUT2D eigenvalue weighted by molar-refractivity contribution is 7.90. The van der Waals surface area contributed by atoms with Crippen LogP contribution in [0.25, 0.3) is 16.7 Å². The van der Waals surface area contributed by atoms with Crippen molar-refractivity contribution in [2.75, 3.05) is 5.32 Å². The van der Waals surface area contributed by atoms with E-state index in [4.69, 9.17) is 16.0 Å². The molecule has 0 saturated heterocycles. The topological polar surface area (TPSA) is 111 Å². The molecular formula is C21H14ClN3O5S. The van der Waals surface area contributed by atoms with Crippen molar-refractivity contribution in [3.05, 3.63) is 86.9 Å². The lowest BCUT2D eigenvalue weighted by Gasteiger charge is -2.11. The Bertz CT molecular complexity index is 1540. The summed E-state index contributed by atoms with van der Waals surface area (Å²) in [4.78, 5) is 25.4. The number of rotatable bonds is 3. The smallest absolute Gasteiger partial charge is 0.349 e. The average molecular weight is 456 g/mol. The third-order valence-electron chi connectivity index (χ3n) is 4.96. The van der Waals surface area contributed by atoms with E-state index in [-0.39, 0.29) is 22.9 Å². The van der Waals surface area contributed by atoms with Crippen molar-refractivity contribution in [3.63, 3.8) is 0 Å². The van der Waals surface area contributed by atoms with Crippen LogP contribution in [0, 0.1) is 0 Å². The standard InChI is InChI=1S/C21H14ClN3O5S/c22-13-5-3-6-14(9-13)25-19(16-10-31(28,29)11-17(16)24-25)23-20(26)15-8-12-4-1-2-7-18(12)30-21(15)27/h1-9H,10-11H2,(H,23,26). The maximum Gasteiger partial charge on any atom is 0.349 e. The highest BCUT2D eigenvalue weighted by Gasteiger charge is 2.33. The summed E-state index contributed by atoms with van der Waals surface area (Å²) in [5.74, 6) is -1.03. The molecule has 0 saturated carbocycles. The number of aromatic nitrogens is 2. The second-order valence-electron chi connectivity index (χ2n) is 7.14. The predicted octanol–water partition coefficient (Wildman–Crippen LogP) is 3.31. The lowest BCUT2D eigenvalue weighted by atomic mass is 10.1. The first-order valence-electron chi connectivity index (χ1n) is 9.22. The Morgan fingerprint density at radius 3 is 2.71 bits per heavy atom. The molecule has 1 aliphatic rings. The molecule has 0 spiro atoms. The molecule has 8 nitrogen and oxygen atoms in total. The number of nitrogens with one attached hydrogen (secondary N) is 1. The molecule has 2 aromatic heterocycles. The number of sulfone groups is 1. The second-order valence-corrected chi connectivity index (χ2v) is 9.64. The van der Waals surface area contributed by atoms with Crippen LogP contribution in [0.5, 0.6) is 0 Å². The van der Waals surface area contributed by atoms with Crippen LogP contribution in [0.3, 0.4) is 0 Å². The van der Waals surface area contributed by atoms with Gasteiger partial charge in [0.15, 0.2) is 9.84 Å². The van der Waals surface area contributed by atoms with E-state index in [1.54, 1.807) is 48.5 Å². The number of anilines is 1. The normalized spacial score (nSPS) is 14.5. The summed E-state index contributed by atoms with van der Waals surface area (Å²) in [7, 11) is -3.36. The average Bonchev–Trinajstić information content (AvgIpc) is 3.19. The van der Waals surface area contributed by atoms with Crippen molar-refractivity contribution in [1.82, 2.24) is 9.78 Å². The van der Waals surface area contributed by atoms with Gasteiger partial charge in [0.1, 0.15) is 17.0 Å². The summed E-state index contributed by atoms with van der Waals surface area (Å²) in [6, 6.07) is 15.0. The van der Waals surface area contributed by atoms with Crippen LogP contribution in [-0.2, 0) is 21.3 Å². The number of hydrogen-bond donors (Lipinski definition) is 1. The van der Waals surface area contributed by atoms with E-state index in [0.717, 1.165) is 0 Å². The van der Waals surface area contributed by atoms with Gasteiger partial charge >= 0.3 is 5.63 Å². The van der Waals surface area contributed by atoms with Crippen molar-refractivity contribution in [1.29, 1.82) is 0 Å². The predicted molar refractivity (Wildman–Crippen MR) is 115 cm³/mol. The molecule has 10 heteroatoms. The van der Waals surface area contributed by atoms with Crippen molar-refractivity contribution in [2.45, 2.75) is 11.5 Å². The number of amides is 1. The van der Waals surface area contributed by atoms with E-state index in [0.29, 0.717) is 32.9 Å². The molecule has 156 valence electrons. The molecule has 0 fully saturated rings. The molecule has 0 radical (unpaired) electrons. The van der Waals surface area contributed by atoms with Gasteiger partial charge in [-0.25, -0.2) is 17.9 Å². The van der Waals surface area contributed by atoms with Crippen molar-refractivity contribution < 1.29 is 17.6 Å². The quantitative estimate of drug-likeness (QED) is 0.474. The summed E-state index contributed by atoms with van der Waals surface area (Å²) < 4.78 is 30.9. The third kappa shape index (κ3) is 3.51. The summed E-state index contributed by atoms with van der Waals surface area (Å²) in [5, 5.41) is 8.08. The molecule has 4 aromatic rings. The minimum absolute atomic E-state index is 0.177. The highest BCUT2D eigenvalue weighted by atomic mass is 35.5. The van der Waals surface area contributed by atoms with Gasteiger partial charge in [0, 0.05) is 16.0 Å². The molecular weight excluding hydrogens is 442 g/mol. The number of para-hydroxylation sites is 1. The third-order valence-corrected chi connectivity index (χ3v) is 6.64. The van der Waals surface area contributed by atoms with E-state index < -0.39 is 21.4 Å². The Labute approximate surface area is 181 Å². The molecule has 1 aliphatic heterocycles. The molecule has 0 atom stereocenters. The Balaban J connectivity index is 1.61. The van der Waals surface area contributed by atoms with Crippen molar-refractivity contribution in [3.8, 4) is 5.69 Å². The van der Waals surface area contributed by atoms with E-state index >= 15 is 0 Å². The minimum Gasteiger partial charge on any atom is -0.422 e. The molecule has 0 bridgehead atoms. The van der Waals surface area contributed by atoms with Crippen LogP contribution >= 0.6 is 11.6 Å². The van der Waals surface area contributed by atoms with Crippen LogP contribution in [0.1, 0.15) is 21.6 Å². The lowest BCUT2D eigenvalue weighted by Crippen LogP contribution is -2.23. The minimum atomic E-state index is -3.36. The zero-order valence-electron chi connectivity index (χ0n) is 15.8. The van der Waals surface area contributed by atoms with Gasteiger partial charge in [0.25, 0.3) is 5.91 Å². The highest BCUT2D eigenvalue weighted by Crippen LogP contribution is 2.33. The molecule has 1 amide bonds. The number of benzene rings is 2. The van der Waals surface area contributed by atoms with Gasteiger partial charge < -0.3 is 9.73 Å². The first kappa shape index (κ1) is 19.5. The molecule has 5 rings (SSSR count). The zero-order chi connectivity index (χ0) is 21.8. The number of carbonyl (C=O) groups excluding carboxylic acids is 1. The van der Waals surface area contributed by atoms with Gasteiger partial charge in [-0.15, -0.1) is 0 Å². The van der Waals surface area contributed by atoms with Crippen LogP contribution < -0.4 is 10.9 Å². The monoisotopic (exact) mass is 455 g/mol. The number of nitrogens with zero attached hydrogens (tertiary/aromatic N) is 2. The van der Waals surface area contributed by atoms with Gasteiger partial charge in [-0.3, -0.25) is 4.79 Å². The van der Waals surface area contributed by atoms with Crippen LogP contribution in [0.4, 0.5) is 5.82 Å². The fourth-order valence-corrected chi connectivity index (χ4v) is 5.24. The Kier molecular flexibility index (Phi) is 4.45. The van der Waals surface area contributed by atoms with E-state index in [2.05, 4.69) is 10.4 Å².